The van der Waals surface area contributed by atoms with Crippen molar-refractivity contribution < 1.29 is 4.79 Å². The molecule has 27 heavy (non-hydrogen) atoms. The van der Waals surface area contributed by atoms with Gasteiger partial charge in [-0.1, -0.05) is 37.3 Å². The summed E-state index contributed by atoms with van der Waals surface area (Å²) in [7, 11) is 0. The lowest BCUT2D eigenvalue weighted by atomic mass is 9.99. The monoisotopic (exact) mass is 384 g/mol. The number of aromatic amines is 1. The van der Waals surface area contributed by atoms with E-state index in [1.807, 2.05) is 30.3 Å². The summed E-state index contributed by atoms with van der Waals surface area (Å²) in [5.74, 6) is 0.447. The number of benzene rings is 1. The fourth-order valence-corrected chi connectivity index (χ4v) is 4.16. The lowest BCUT2D eigenvalue weighted by Gasteiger charge is -2.29. The number of aromatic nitrogens is 3. The lowest BCUT2D eigenvalue weighted by Crippen LogP contribution is -2.38. The summed E-state index contributed by atoms with van der Waals surface area (Å²) in [6.45, 7) is 3.72. The third kappa shape index (κ3) is 3.32. The molecule has 0 bridgehead atoms. The maximum Gasteiger partial charge on any atom is 0.329 e. The highest BCUT2D eigenvalue weighted by Crippen LogP contribution is 2.23. The minimum Gasteiger partial charge on any atom is -0.338 e. The van der Waals surface area contributed by atoms with E-state index in [-0.39, 0.29) is 23.5 Å². The topological polar surface area (TPSA) is 88.1 Å². The van der Waals surface area contributed by atoms with Crippen molar-refractivity contribution in [2.24, 2.45) is 5.92 Å². The Labute approximate surface area is 159 Å². The quantitative estimate of drug-likeness (QED) is 0.749. The van der Waals surface area contributed by atoms with Gasteiger partial charge >= 0.3 is 5.69 Å². The molecule has 4 rings (SSSR count). The third-order valence-corrected chi connectivity index (χ3v) is 5.90. The molecule has 0 radical (unpaired) electrons. The smallest absolute Gasteiger partial charge is 0.329 e. The van der Waals surface area contributed by atoms with Crippen molar-refractivity contribution in [2.45, 2.75) is 26.3 Å². The van der Waals surface area contributed by atoms with E-state index in [0.29, 0.717) is 23.9 Å². The second kappa shape index (κ2) is 7.11. The van der Waals surface area contributed by atoms with Crippen LogP contribution in [0.5, 0.6) is 0 Å². The van der Waals surface area contributed by atoms with Crippen molar-refractivity contribution in [3.8, 4) is 0 Å². The Morgan fingerprint density at radius 3 is 2.63 bits per heavy atom. The van der Waals surface area contributed by atoms with Gasteiger partial charge in [0.25, 0.3) is 11.5 Å². The van der Waals surface area contributed by atoms with Crippen molar-refractivity contribution in [2.75, 3.05) is 13.1 Å². The number of amides is 1. The van der Waals surface area contributed by atoms with Gasteiger partial charge in [0, 0.05) is 13.1 Å². The summed E-state index contributed by atoms with van der Waals surface area (Å²) in [5, 5.41) is 0. The number of hydrogen-bond donors (Lipinski definition) is 1. The molecule has 3 aromatic rings. The molecule has 0 aliphatic carbocycles. The molecule has 1 aromatic carbocycles. The second-order valence-electron chi connectivity index (χ2n) is 7.02. The Morgan fingerprint density at radius 2 is 1.93 bits per heavy atom. The van der Waals surface area contributed by atoms with Crippen molar-refractivity contribution in [1.82, 2.24) is 18.8 Å². The van der Waals surface area contributed by atoms with Gasteiger partial charge in [0.1, 0.15) is 4.88 Å². The van der Waals surface area contributed by atoms with Gasteiger partial charge in [-0.3, -0.25) is 14.2 Å². The Morgan fingerprint density at radius 1 is 1.22 bits per heavy atom. The van der Waals surface area contributed by atoms with Crippen molar-refractivity contribution in [1.29, 1.82) is 0 Å². The van der Waals surface area contributed by atoms with Crippen LogP contribution in [0.4, 0.5) is 0 Å². The average molecular weight is 384 g/mol. The highest BCUT2D eigenvalue weighted by atomic mass is 32.1. The van der Waals surface area contributed by atoms with Crippen LogP contribution in [0.25, 0.3) is 11.0 Å². The van der Waals surface area contributed by atoms with E-state index in [1.54, 1.807) is 4.90 Å². The summed E-state index contributed by atoms with van der Waals surface area (Å²) in [4.78, 5) is 42.9. The SMILES string of the molecule is CC1CCN(C(=O)c2snc3c(=O)n(Cc4ccccc4)c(=O)[nH]c23)CC1. The first-order valence-electron chi connectivity index (χ1n) is 9.00. The first-order chi connectivity index (χ1) is 13.0. The molecular formula is C19H20N4O3S. The summed E-state index contributed by atoms with van der Waals surface area (Å²) in [6.07, 6.45) is 1.92. The van der Waals surface area contributed by atoms with Crippen LogP contribution in [0, 0.1) is 5.92 Å². The van der Waals surface area contributed by atoms with Crippen LogP contribution in [0.2, 0.25) is 0 Å². The molecule has 8 heteroatoms. The number of carbonyl (C=O) groups is 1. The van der Waals surface area contributed by atoms with Gasteiger partial charge in [-0.15, -0.1) is 0 Å². The zero-order valence-corrected chi connectivity index (χ0v) is 15.8. The summed E-state index contributed by atoms with van der Waals surface area (Å²) in [6, 6.07) is 9.28. The fourth-order valence-electron chi connectivity index (χ4n) is 3.36. The maximum absolute atomic E-state index is 12.8. The number of H-pyrrole nitrogens is 1. The molecule has 1 amide bonds. The molecule has 1 aliphatic heterocycles. The summed E-state index contributed by atoms with van der Waals surface area (Å²) in [5.41, 5.74) is 0.239. The molecule has 1 aliphatic rings. The zero-order valence-electron chi connectivity index (χ0n) is 15.0. The largest absolute Gasteiger partial charge is 0.338 e. The molecule has 0 unspecified atom stereocenters. The standard InChI is InChI=1S/C19H20N4O3S/c1-12-7-9-22(10-8-12)18(25)16-14-15(21-27-16)17(24)23(19(26)20-14)11-13-5-3-2-4-6-13/h2-6,12H,7-11H2,1H3,(H,20,26). The van der Waals surface area contributed by atoms with Gasteiger partial charge in [0.15, 0.2) is 5.52 Å². The number of likely N-dealkylation sites (tertiary alicyclic amines) is 1. The number of carbonyl (C=O) groups excluding carboxylic acids is 1. The number of fused-ring (bicyclic) bond motifs is 1. The second-order valence-corrected chi connectivity index (χ2v) is 7.79. The number of piperidine rings is 1. The molecule has 0 atom stereocenters. The van der Waals surface area contributed by atoms with Gasteiger partial charge in [-0.05, 0) is 35.9 Å². The zero-order chi connectivity index (χ0) is 19.0. The highest BCUT2D eigenvalue weighted by Gasteiger charge is 2.26. The van der Waals surface area contributed by atoms with Crippen molar-refractivity contribution >= 4 is 28.5 Å². The number of hydrogen-bond acceptors (Lipinski definition) is 5. The Hall–Kier alpha value is -2.74. The van der Waals surface area contributed by atoms with Crippen LogP contribution in [-0.2, 0) is 6.54 Å². The van der Waals surface area contributed by atoms with Crippen molar-refractivity contribution in [3.05, 3.63) is 61.6 Å². The van der Waals surface area contributed by atoms with Crippen LogP contribution in [0.1, 0.15) is 35.0 Å². The van der Waals surface area contributed by atoms with Crippen LogP contribution >= 0.6 is 11.5 Å². The van der Waals surface area contributed by atoms with Gasteiger partial charge in [-0.25, -0.2) is 4.79 Å². The molecule has 1 N–H and O–H groups in total. The molecule has 140 valence electrons. The van der Waals surface area contributed by atoms with Gasteiger partial charge in [0.2, 0.25) is 0 Å². The van der Waals surface area contributed by atoms with Crippen LogP contribution in [0.15, 0.2) is 39.9 Å². The fraction of sp³-hybridized carbons (Fsp3) is 0.368. The molecule has 3 heterocycles. The summed E-state index contributed by atoms with van der Waals surface area (Å²) >= 11 is 0.979. The van der Waals surface area contributed by atoms with E-state index in [4.69, 9.17) is 0 Å². The first kappa shape index (κ1) is 17.7. The van der Waals surface area contributed by atoms with E-state index in [2.05, 4.69) is 16.3 Å². The summed E-state index contributed by atoms with van der Waals surface area (Å²) < 4.78 is 5.30. The van der Waals surface area contributed by atoms with Gasteiger partial charge in [-0.2, -0.15) is 4.37 Å². The van der Waals surface area contributed by atoms with Gasteiger partial charge < -0.3 is 9.88 Å². The first-order valence-corrected chi connectivity index (χ1v) is 9.77. The van der Waals surface area contributed by atoms with E-state index in [1.165, 1.54) is 0 Å². The van der Waals surface area contributed by atoms with Crippen LogP contribution in [0.3, 0.4) is 0 Å². The highest BCUT2D eigenvalue weighted by molar-refractivity contribution is 7.09. The molecule has 2 aromatic heterocycles. The molecule has 1 saturated heterocycles. The Kier molecular flexibility index (Phi) is 4.65. The molecule has 7 nitrogen and oxygen atoms in total. The Balaban J connectivity index is 1.71. The molecular weight excluding hydrogens is 364 g/mol. The number of nitrogens with zero attached hydrogens (tertiary/aromatic N) is 3. The number of rotatable bonds is 3. The maximum atomic E-state index is 12.8. The van der Waals surface area contributed by atoms with E-state index in [0.717, 1.165) is 34.5 Å². The van der Waals surface area contributed by atoms with Crippen LogP contribution in [-0.4, -0.2) is 37.8 Å². The minimum absolute atomic E-state index is 0.143. The third-order valence-electron chi connectivity index (χ3n) is 5.07. The molecule has 0 spiro atoms. The van der Waals surface area contributed by atoms with Crippen molar-refractivity contribution in [3.63, 3.8) is 0 Å². The normalized spacial score (nSPS) is 15.4. The number of nitrogens with one attached hydrogen (secondary N) is 1. The lowest BCUT2D eigenvalue weighted by molar-refractivity contribution is 0.0703. The predicted octanol–water partition coefficient (Wildman–Crippen LogP) is 2.07. The molecule has 0 saturated carbocycles. The average Bonchev–Trinajstić information content (AvgIpc) is 3.10. The predicted molar refractivity (Wildman–Crippen MR) is 104 cm³/mol. The van der Waals surface area contributed by atoms with E-state index >= 15 is 0 Å². The Bertz CT molecular complexity index is 1090. The molecule has 1 fully saturated rings. The van der Waals surface area contributed by atoms with E-state index in [9.17, 15) is 14.4 Å². The van der Waals surface area contributed by atoms with Gasteiger partial charge in [0.05, 0.1) is 12.1 Å². The minimum atomic E-state index is -0.530. The van der Waals surface area contributed by atoms with E-state index < -0.39 is 11.2 Å². The van der Waals surface area contributed by atoms with Crippen LogP contribution < -0.4 is 11.2 Å².